The van der Waals surface area contributed by atoms with Crippen LogP contribution < -0.4 is 10.6 Å². The number of hydrogen-bond donors (Lipinski definition) is 2. The van der Waals surface area contributed by atoms with Gasteiger partial charge in [-0.2, -0.15) is 0 Å². The van der Waals surface area contributed by atoms with Crippen molar-refractivity contribution in [1.82, 2.24) is 10.3 Å². The highest BCUT2D eigenvalue weighted by Gasteiger charge is 2.18. The Morgan fingerprint density at radius 3 is 3.00 bits per heavy atom. The van der Waals surface area contributed by atoms with E-state index in [9.17, 15) is 4.79 Å². The second-order valence-corrected chi connectivity index (χ2v) is 4.26. The van der Waals surface area contributed by atoms with Crippen LogP contribution >= 0.6 is 0 Å². The lowest BCUT2D eigenvalue weighted by atomic mass is 10.2. The van der Waals surface area contributed by atoms with Crippen molar-refractivity contribution < 1.29 is 9.63 Å². The Labute approximate surface area is 105 Å². The molecule has 1 aliphatic rings. The lowest BCUT2D eigenvalue weighted by Gasteiger charge is -2.10. The van der Waals surface area contributed by atoms with Gasteiger partial charge >= 0.3 is 6.03 Å². The number of oxime groups is 1. The van der Waals surface area contributed by atoms with E-state index in [1.54, 1.807) is 6.07 Å². The number of pyridine rings is 1. The first kappa shape index (κ1) is 12.3. The van der Waals surface area contributed by atoms with Crippen molar-refractivity contribution in [2.45, 2.75) is 26.4 Å². The molecule has 0 aromatic carbocycles. The van der Waals surface area contributed by atoms with Crippen LogP contribution in [-0.4, -0.2) is 29.4 Å². The topological polar surface area (TPSA) is 75.6 Å². The standard InChI is InChI=1S/C12H16N4O2/c1-8-4-3-5-11(14-8)15-12(17)13-7-10-6-9(2)16-18-10/h3-5,10H,6-7H2,1-2H3,(H2,13,14,15,17)/t10-/m1/s1. The molecule has 0 saturated carbocycles. The number of amides is 2. The van der Waals surface area contributed by atoms with Crippen LogP contribution in [0.4, 0.5) is 10.6 Å². The maximum atomic E-state index is 11.6. The van der Waals surface area contributed by atoms with Crippen molar-refractivity contribution in [2.24, 2.45) is 5.16 Å². The molecule has 2 amide bonds. The Balaban J connectivity index is 1.76. The van der Waals surface area contributed by atoms with E-state index in [2.05, 4.69) is 20.8 Å². The fraction of sp³-hybridized carbons (Fsp3) is 0.417. The highest BCUT2D eigenvalue weighted by atomic mass is 16.6. The summed E-state index contributed by atoms with van der Waals surface area (Å²) in [6, 6.07) is 5.16. The van der Waals surface area contributed by atoms with Gasteiger partial charge in [0.15, 0.2) is 0 Å². The molecule has 6 heteroatoms. The summed E-state index contributed by atoms with van der Waals surface area (Å²) in [5.74, 6) is 0.535. The molecule has 0 bridgehead atoms. The van der Waals surface area contributed by atoms with Crippen LogP contribution in [0.15, 0.2) is 23.4 Å². The van der Waals surface area contributed by atoms with Crippen LogP contribution in [0, 0.1) is 6.92 Å². The molecular formula is C12H16N4O2. The average molecular weight is 248 g/mol. The third kappa shape index (κ3) is 3.44. The lowest BCUT2D eigenvalue weighted by Crippen LogP contribution is -2.35. The van der Waals surface area contributed by atoms with Gasteiger partial charge in [-0.25, -0.2) is 9.78 Å². The molecule has 1 aromatic rings. The van der Waals surface area contributed by atoms with Crippen molar-refractivity contribution in [1.29, 1.82) is 0 Å². The van der Waals surface area contributed by atoms with Gasteiger partial charge in [0, 0.05) is 12.1 Å². The highest BCUT2D eigenvalue weighted by Crippen LogP contribution is 2.09. The molecule has 2 N–H and O–H groups in total. The molecule has 1 aromatic heterocycles. The molecule has 0 aliphatic carbocycles. The van der Waals surface area contributed by atoms with Gasteiger partial charge in [0.25, 0.3) is 0 Å². The van der Waals surface area contributed by atoms with Crippen LogP contribution in [0.25, 0.3) is 0 Å². The summed E-state index contributed by atoms with van der Waals surface area (Å²) < 4.78 is 0. The number of nitrogens with one attached hydrogen (secondary N) is 2. The summed E-state index contributed by atoms with van der Waals surface area (Å²) >= 11 is 0. The maximum Gasteiger partial charge on any atom is 0.320 e. The summed E-state index contributed by atoms with van der Waals surface area (Å²) in [5.41, 5.74) is 1.80. The molecule has 6 nitrogen and oxygen atoms in total. The fourth-order valence-corrected chi connectivity index (χ4v) is 1.66. The minimum Gasteiger partial charge on any atom is -0.390 e. The zero-order chi connectivity index (χ0) is 13.0. The number of rotatable bonds is 3. The molecule has 1 aliphatic heterocycles. The van der Waals surface area contributed by atoms with E-state index in [1.807, 2.05) is 26.0 Å². The van der Waals surface area contributed by atoms with Crippen molar-refractivity contribution in [3.05, 3.63) is 23.9 Å². The van der Waals surface area contributed by atoms with Crippen LogP contribution in [0.3, 0.4) is 0 Å². The predicted molar refractivity (Wildman–Crippen MR) is 68.6 cm³/mol. The number of urea groups is 1. The lowest BCUT2D eigenvalue weighted by molar-refractivity contribution is 0.0870. The number of hydrogen-bond acceptors (Lipinski definition) is 4. The quantitative estimate of drug-likeness (QED) is 0.854. The minimum atomic E-state index is -0.291. The summed E-state index contributed by atoms with van der Waals surface area (Å²) in [5, 5.41) is 9.21. The van der Waals surface area contributed by atoms with E-state index in [4.69, 9.17) is 4.84 Å². The van der Waals surface area contributed by atoms with E-state index in [1.165, 1.54) is 0 Å². The van der Waals surface area contributed by atoms with E-state index in [0.29, 0.717) is 12.4 Å². The van der Waals surface area contributed by atoms with Crippen LogP contribution in [-0.2, 0) is 4.84 Å². The Morgan fingerprint density at radius 2 is 2.33 bits per heavy atom. The molecule has 0 unspecified atom stereocenters. The maximum absolute atomic E-state index is 11.6. The smallest absolute Gasteiger partial charge is 0.320 e. The molecule has 0 spiro atoms. The average Bonchev–Trinajstić information content (AvgIpc) is 2.73. The number of carbonyl (C=O) groups excluding carboxylic acids is 1. The monoisotopic (exact) mass is 248 g/mol. The molecule has 0 fully saturated rings. The predicted octanol–water partition coefficient (Wildman–Crippen LogP) is 1.68. The molecule has 0 saturated heterocycles. The number of aryl methyl sites for hydroxylation is 1. The first-order chi connectivity index (χ1) is 8.63. The van der Waals surface area contributed by atoms with Gasteiger partial charge in [0.05, 0.1) is 12.3 Å². The van der Waals surface area contributed by atoms with Crippen molar-refractivity contribution >= 4 is 17.6 Å². The molecule has 2 heterocycles. The van der Waals surface area contributed by atoms with Gasteiger partial charge in [0.1, 0.15) is 11.9 Å². The highest BCUT2D eigenvalue weighted by molar-refractivity contribution is 5.88. The van der Waals surface area contributed by atoms with Gasteiger partial charge in [-0.05, 0) is 26.0 Å². The fourth-order valence-electron chi connectivity index (χ4n) is 1.66. The zero-order valence-electron chi connectivity index (χ0n) is 10.4. The Kier molecular flexibility index (Phi) is 3.76. The van der Waals surface area contributed by atoms with Gasteiger partial charge in [-0.1, -0.05) is 11.2 Å². The SMILES string of the molecule is CC1=NO[C@@H](CNC(=O)Nc2cccc(C)n2)C1. The van der Waals surface area contributed by atoms with Crippen molar-refractivity contribution in [3.8, 4) is 0 Å². The Bertz CT molecular complexity index is 473. The number of aromatic nitrogens is 1. The molecule has 2 rings (SSSR count). The second kappa shape index (κ2) is 5.48. The second-order valence-electron chi connectivity index (χ2n) is 4.26. The Morgan fingerprint density at radius 1 is 1.50 bits per heavy atom. The van der Waals surface area contributed by atoms with Crippen LogP contribution in [0.5, 0.6) is 0 Å². The molecule has 0 radical (unpaired) electrons. The van der Waals surface area contributed by atoms with E-state index in [-0.39, 0.29) is 12.1 Å². The van der Waals surface area contributed by atoms with Gasteiger partial charge in [-0.3, -0.25) is 5.32 Å². The third-order valence-corrected chi connectivity index (χ3v) is 2.50. The first-order valence-electron chi connectivity index (χ1n) is 5.81. The molecule has 1 atom stereocenters. The van der Waals surface area contributed by atoms with Crippen molar-refractivity contribution in [2.75, 3.05) is 11.9 Å². The molecular weight excluding hydrogens is 232 g/mol. The van der Waals surface area contributed by atoms with Crippen LogP contribution in [0.2, 0.25) is 0 Å². The first-order valence-corrected chi connectivity index (χ1v) is 5.81. The largest absolute Gasteiger partial charge is 0.390 e. The number of anilines is 1. The van der Waals surface area contributed by atoms with E-state index < -0.39 is 0 Å². The van der Waals surface area contributed by atoms with Crippen molar-refractivity contribution in [3.63, 3.8) is 0 Å². The Hall–Kier alpha value is -2.11. The van der Waals surface area contributed by atoms with Gasteiger partial charge in [-0.15, -0.1) is 0 Å². The van der Waals surface area contributed by atoms with Crippen LogP contribution in [0.1, 0.15) is 19.0 Å². The summed E-state index contributed by atoms with van der Waals surface area (Å²) in [6.45, 7) is 4.20. The number of nitrogens with zero attached hydrogens (tertiary/aromatic N) is 2. The molecule has 96 valence electrons. The zero-order valence-corrected chi connectivity index (χ0v) is 10.4. The summed E-state index contributed by atoms with van der Waals surface area (Å²) in [4.78, 5) is 20.9. The van der Waals surface area contributed by atoms with E-state index >= 15 is 0 Å². The third-order valence-electron chi connectivity index (χ3n) is 2.50. The minimum absolute atomic E-state index is 0.0683. The molecule has 18 heavy (non-hydrogen) atoms. The van der Waals surface area contributed by atoms with E-state index in [0.717, 1.165) is 17.8 Å². The normalized spacial score (nSPS) is 17.9. The summed E-state index contributed by atoms with van der Waals surface area (Å²) in [6.07, 6.45) is 0.685. The summed E-state index contributed by atoms with van der Waals surface area (Å²) in [7, 11) is 0. The van der Waals surface area contributed by atoms with Gasteiger partial charge in [0.2, 0.25) is 0 Å². The van der Waals surface area contributed by atoms with Gasteiger partial charge < -0.3 is 10.2 Å². The number of carbonyl (C=O) groups is 1.